The van der Waals surface area contributed by atoms with Gasteiger partial charge < -0.3 is 14.8 Å². The van der Waals surface area contributed by atoms with Gasteiger partial charge in [0.25, 0.3) is 5.69 Å². The molecule has 0 saturated carbocycles. The fraction of sp³-hybridized carbons (Fsp3) is 0.118. The first-order valence-corrected chi connectivity index (χ1v) is 6.99. The van der Waals surface area contributed by atoms with Gasteiger partial charge in [0.15, 0.2) is 11.5 Å². The number of amides is 1. The Labute approximate surface area is 138 Å². The highest BCUT2D eigenvalue weighted by molar-refractivity contribution is 6.02. The Morgan fingerprint density at radius 1 is 1.12 bits per heavy atom. The van der Waals surface area contributed by atoms with Crippen LogP contribution in [0.5, 0.6) is 11.5 Å². The van der Waals surface area contributed by atoms with Gasteiger partial charge in [-0.3, -0.25) is 14.9 Å². The highest BCUT2D eigenvalue weighted by Gasteiger charge is 2.07. The Morgan fingerprint density at radius 2 is 1.88 bits per heavy atom. The summed E-state index contributed by atoms with van der Waals surface area (Å²) in [6.07, 6.45) is 2.94. The molecule has 0 spiro atoms. The standard InChI is InChI=1S/C17H16N2O5/c1-23-15-8-6-12(10-16(15)24-2)7-9-17(20)18-13-4-3-5-14(11-13)19(21)22/h3-11H,1-2H3,(H,18,20)/b9-7+. The van der Waals surface area contributed by atoms with Crippen molar-refractivity contribution in [2.45, 2.75) is 0 Å². The monoisotopic (exact) mass is 328 g/mol. The molecule has 0 aliphatic carbocycles. The first kappa shape index (κ1) is 17.0. The number of non-ortho nitro benzene ring substituents is 1. The van der Waals surface area contributed by atoms with E-state index in [4.69, 9.17) is 9.47 Å². The zero-order valence-electron chi connectivity index (χ0n) is 13.2. The minimum Gasteiger partial charge on any atom is -0.493 e. The number of methoxy groups -OCH3 is 2. The zero-order chi connectivity index (χ0) is 17.5. The van der Waals surface area contributed by atoms with Gasteiger partial charge in [0.1, 0.15) is 0 Å². The van der Waals surface area contributed by atoms with E-state index in [0.717, 1.165) is 5.56 Å². The van der Waals surface area contributed by atoms with E-state index in [-0.39, 0.29) is 5.69 Å². The van der Waals surface area contributed by atoms with Crippen LogP contribution in [0.4, 0.5) is 11.4 Å². The van der Waals surface area contributed by atoms with Crippen LogP contribution in [0, 0.1) is 10.1 Å². The Balaban J connectivity index is 2.08. The second kappa shape index (κ2) is 7.77. The van der Waals surface area contributed by atoms with E-state index in [0.29, 0.717) is 17.2 Å². The molecule has 124 valence electrons. The van der Waals surface area contributed by atoms with Crippen molar-refractivity contribution in [2.75, 3.05) is 19.5 Å². The maximum atomic E-state index is 11.9. The van der Waals surface area contributed by atoms with Crippen LogP contribution in [-0.4, -0.2) is 25.1 Å². The number of nitrogens with one attached hydrogen (secondary N) is 1. The molecule has 0 heterocycles. The molecule has 0 bridgehead atoms. The second-order valence-corrected chi connectivity index (χ2v) is 4.74. The van der Waals surface area contributed by atoms with E-state index in [1.807, 2.05) is 0 Å². The molecular weight excluding hydrogens is 312 g/mol. The molecule has 0 fully saturated rings. The Bertz CT molecular complexity index is 786. The molecule has 0 aliphatic heterocycles. The van der Waals surface area contributed by atoms with Crippen molar-refractivity contribution in [2.24, 2.45) is 0 Å². The van der Waals surface area contributed by atoms with Crippen LogP contribution in [-0.2, 0) is 4.79 Å². The van der Waals surface area contributed by atoms with E-state index in [1.54, 1.807) is 37.5 Å². The van der Waals surface area contributed by atoms with Gasteiger partial charge in [-0.15, -0.1) is 0 Å². The van der Waals surface area contributed by atoms with Crippen LogP contribution < -0.4 is 14.8 Å². The van der Waals surface area contributed by atoms with Crippen LogP contribution in [0.2, 0.25) is 0 Å². The van der Waals surface area contributed by atoms with Crippen molar-refractivity contribution in [3.8, 4) is 11.5 Å². The number of hydrogen-bond donors (Lipinski definition) is 1. The quantitative estimate of drug-likeness (QED) is 0.499. The average molecular weight is 328 g/mol. The molecule has 7 heteroatoms. The molecule has 0 radical (unpaired) electrons. The third-order valence-corrected chi connectivity index (χ3v) is 3.16. The summed E-state index contributed by atoms with van der Waals surface area (Å²) in [5.74, 6) is 0.750. The first-order valence-electron chi connectivity index (χ1n) is 6.99. The summed E-state index contributed by atoms with van der Waals surface area (Å²) < 4.78 is 10.3. The number of rotatable bonds is 6. The maximum Gasteiger partial charge on any atom is 0.271 e. The molecule has 2 aromatic carbocycles. The lowest BCUT2D eigenvalue weighted by molar-refractivity contribution is -0.384. The molecule has 0 aliphatic rings. The maximum absolute atomic E-state index is 11.9. The minimum atomic E-state index is -0.519. The van der Waals surface area contributed by atoms with Crippen molar-refractivity contribution in [3.05, 3.63) is 64.2 Å². The third kappa shape index (κ3) is 4.33. The van der Waals surface area contributed by atoms with E-state index in [2.05, 4.69) is 5.32 Å². The molecule has 2 rings (SSSR count). The fourth-order valence-electron chi connectivity index (χ4n) is 2.01. The Hall–Kier alpha value is -3.35. The number of nitrogens with zero attached hydrogens (tertiary/aromatic N) is 1. The predicted octanol–water partition coefficient (Wildman–Crippen LogP) is 3.26. The molecule has 0 aromatic heterocycles. The van der Waals surface area contributed by atoms with E-state index in [9.17, 15) is 14.9 Å². The van der Waals surface area contributed by atoms with E-state index < -0.39 is 10.8 Å². The molecule has 24 heavy (non-hydrogen) atoms. The molecule has 0 atom stereocenters. The number of nitro benzene ring substituents is 1. The van der Waals surface area contributed by atoms with Crippen molar-refractivity contribution in [3.63, 3.8) is 0 Å². The van der Waals surface area contributed by atoms with Crippen molar-refractivity contribution in [1.29, 1.82) is 0 Å². The van der Waals surface area contributed by atoms with Crippen molar-refractivity contribution < 1.29 is 19.2 Å². The topological polar surface area (TPSA) is 90.7 Å². The average Bonchev–Trinajstić information content (AvgIpc) is 2.59. The first-order chi connectivity index (χ1) is 11.5. The zero-order valence-corrected chi connectivity index (χ0v) is 13.2. The summed E-state index contributed by atoms with van der Waals surface area (Å²) in [4.78, 5) is 22.1. The Kier molecular flexibility index (Phi) is 5.51. The Morgan fingerprint density at radius 3 is 2.54 bits per heavy atom. The van der Waals surface area contributed by atoms with Gasteiger partial charge in [0.2, 0.25) is 5.91 Å². The summed E-state index contributed by atoms with van der Waals surface area (Å²) in [7, 11) is 3.07. The number of hydrogen-bond acceptors (Lipinski definition) is 5. The van der Waals surface area contributed by atoms with E-state index in [1.165, 1.54) is 31.4 Å². The number of benzene rings is 2. The fourth-order valence-corrected chi connectivity index (χ4v) is 2.01. The van der Waals surface area contributed by atoms with Crippen molar-refractivity contribution in [1.82, 2.24) is 0 Å². The number of nitro groups is 1. The normalized spacial score (nSPS) is 10.4. The van der Waals surface area contributed by atoms with Gasteiger partial charge in [-0.1, -0.05) is 12.1 Å². The molecular formula is C17H16N2O5. The summed E-state index contributed by atoms with van der Waals surface area (Å²) in [5.41, 5.74) is 1.02. The summed E-state index contributed by atoms with van der Waals surface area (Å²) in [5, 5.41) is 13.3. The highest BCUT2D eigenvalue weighted by Crippen LogP contribution is 2.28. The highest BCUT2D eigenvalue weighted by atomic mass is 16.6. The van der Waals surface area contributed by atoms with E-state index >= 15 is 0 Å². The van der Waals surface area contributed by atoms with Crippen LogP contribution in [0.15, 0.2) is 48.5 Å². The lowest BCUT2D eigenvalue weighted by Gasteiger charge is -2.07. The van der Waals surface area contributed by atoms with Crippen molar-refractivity contribution >= 4 is 23.4 Å². The second-order valence-electron chi connectivity index (χ2n) is 4.74. The van der Waals surface area contributed by atoms with Gasteiger partial charge in [0.05, 0.1) is 19.1 Å². The van der Waals surface area contributed by atoms with Gasteiger partial charge in [-0.2, -0.15) is 0 Å². The molecule has 0 unspecified atom stereocenters. The number of carbonyl (C=O) groups excluding carboxylic acids is 1. The van der Waals surface area contributed by atoms with Crippen LogP contribution in [0.1, 0.15) is 5.56 Å². The molecule has 1 N–H and O–H groups in total. The summed E-state index contributed by atoms with van der Waals surface area (Å²) in [6, 6.07) is 11.0. The smallest absolute Gasteiger partial charge is 0.271 e. The van der Waals surface area contributed by atoms with Crippen LogP contribution >= 0.6 is 0 Å². The van der Waals surface area contributed by atoms with Gasteiger partial charge in [0, 0.05) is 23.9 Å². The number of ether oxygens (including phenoxy) is 2. The third-order valence-electron chi connectivity index (χ3n) is 3.16. The number of anilines is 1. The molecule has 7 nitrogen and oxygen atoms in total. The number of carbonyl (C=O) groups is 1. The summed E-state index contributed by atoms with van der Waals surface area (Å²) in [6.45, 7) is 0. The molecule has 2 aromatic rings. The molecule has 0 saturated heterocycles. The van der Waals surface area contributed by atoms with Gasteiger partial charge in [-0.25, -0.2) is 0 Å². The largest absolute Gasteiger partial charge is 0.493 e. The van der Waals surface area contributed by atoms with Gasteiger partial charge >= 0.3 is 0 Å². The SMILES string of the molecule is COc1ccc(/C=C/C(=O)Nc2cccc([N+](=O)[O-])c2)cc1OC. The van der Waals surface area contributed by atoms with Gasteiger partial charge in [-0.05, 0) is 29.8 Å². The lowest BCUT2D eigenvalue weighted by atomic mass is 10.2. The van der Waals surface area contributed by atoms with Crippen LogP contribution in [0.3, 0.4) is 0 Å². The minimum absolute atomic E-state index is 0.0864. The lowest BCUT2D eigenvalue weighted by Crippen LogP contribution is -2.07. The molecule has 1 amide bonds. The van der Waals surface area contributed by atoms with Crippen LogP contribution in [0.25, 0.3) is 6.08 Å². The summed E-state index contributed by atoms with van der Waals surface area (Å²) >= 11 is 0. The predicted molar refractivity (Wildman–Crippen MR) is 90.3 cm³/mol.